The molecule has 1 saturated heterocycles. The topological polar surface area (TPSA) is 53.4 Å². The van der Waals surface area contributed by atoms with E-state index >= 15 is 0 Å². The number of rotatable bonds is 3. The van der Waals surface area contributed by atoms with Crippen LogP contribution in [-0.4, -0.2) is 39.6 Å². The van der Waals surface area contributed by atoms with Gasteiger partial charge in [0, 0.05) is 36.8 Å². The Morgan fingerprint density at radius 1 is 1.37 bits per heavy atom. The summed E-state index contributed by atoms with van der Waals surface area (Å²) in [5.41, 5.74) is -0.137. The number of amides is 1. The smallest absolute Gasteiger partial charge is 0.223 e. The fraction of sp³-hybridized carbons (Fsp3) is 0.600. The summed E-state index contributed by atoms with van der Waals surface area (Å²) in [5.74, 6) is 0.0940. The van der Waals surface area contributed by atoms with Crippen LogP contribution in [0.4, 0.5) is 0 Å². The van der Waals surface area contributed by atoms with E-state index in [1.54, 1.807) is 18.0 Å². The van der Waals surface area contributed by atoms with Crippen molar-refractivity contribution in [3.8, 4) is 0 Å². The highest BCUT2D eigenvalue weighted by Crippen LogP contribution is 2.38. The van der Waals surface area contributed by atoms with Crippen molar-refractivity contribution in [1.82, 2.24) is 9.88 Å². The lowest BCUT2D eigenvalue weighted by Crippen LogP contribution is -2.40. The third-order valence-corrected chi connectivity index (χ3v) is 4.22. The summed E-state index contributed by atoms with van der Waals surface area (Å²) in [5, 5.41) is 10.3. The van der Waals surface area contributed by atoms with Crippen molar-refractivity contribution >= 4 is 5.91 Å². The summed E-state index contributed by atoms with van der Waals surface area (Å²) in [6.45, 7) is 6.83. The number of hydrogen-bond donors (Lipinski definition) is 1. The largest absolute Gasteiger partial charge is 0.388 e. The normalized spacial score (nSPS) is 25.6. The van der Waals surface area contributed by atoms with Gasteiger partial charge in [-0.05, 0) is 25.5 Å². The van der Waals surface area contributed by atoms with Crippen LogP contribution in [0, 0.1) is 5.41 Å². The third kappa shape index (κ3) is 2.95. The summed E-state index contributed by atoms with van der Waals surface area (Å²) < 4.78 is 0. The molecule has 1 fully saturated rings. The standard InChI is InChI=1S/C15H22N2O2/c1-14(2)10-17(11-15(14,3)19)13(18)8-7-12-6-4-5-9-16-12/h4-6,9,19H,7-8,10-11H2,1-3H3/t15-/m0/s1. The molecule has 1 aromatic rings. The minimum absolute atomic E-state index is 0.0940. The van der Waals surface area contributed by atoms with Crippen molar-refractivity contribution in [3.63, 3.8) is 0 Å². The van der Waals surface area contributed by atoms with E-state index in [4.69, 9.17) is 0 Å². The number of carbonyl (C=O) groups is 1. The fourth-order valence-corrected chi connectivity index (χ4v) is 2.40. The van der Waals surface area contributed by atoms with Gasteiger partial charge in [-0.2, -0.15) is 0 Å². The van der Waals surface area contributed by atoms with Gasteiger partial charge in [0.05, 0.1) is 5.60 Å². The molecule has 1 aromatic heterocycles. The van der Waals surface area contributed by atoms with Gasteiger partial charge in [0.1, 0.15) is 0 Å². The van der Waals surface area contributed by atoms with E-state index in [1.165, 1.54) is 0 Å². The highest BCUT2D eigenvalue weighted by Gasteiger charge is 2.48. The second-order valence-electron chi connectivity index (χ2n) is 6.23. The lowest BCUT2D eigenvalue weighted by molar-refractivity contribution is -0.131. The number of carbonyl (C=O) groups excluding carboxylic acids is 1. The zero-order chi connectivity index (χ0) is 14.1. The molecule has 0 unspecified atom stereocenters. The SMILES string of the molecule is CC1(C)CN(C(=O)CCc2ccccn2)C[C@]1(C)O. The van der Waals surface area contributed by atoms with Gasteiger partial charge in [0.2, 0.25) is 5.91 Å². The Morgan fingerprint density at radius 3 is 2.63 bits per heavy atom. The first-order valence-electron chi connectivity index (χ1n) is 6.72. The monoisotopic (exact) mass is 262 g/mol. The van der Waals surface area contributed by atoms with Crippen LogP contribution in [0.3, 0.4) is 0 Å². The molecule has 4 heteroatoms. The van der Waals surface area contributed by atoms with Gasteiger partial charge in [0.25, 0.3) is 0 Å². The molecule has 0 aromatic carbocycles. The molecule has 104 valence electrons. The van der Waals surface area contributed by atoms with E-state index in [2.05, 4.69) is 4.98 Å². The molecule has 2 heterocycles. The number of aromatic nitrogens is 1. The zero-order valence-electron chi connectivity index (χ0n) is 11.9. The Hall–Kier alpha value is -1.42. The molecule has 1 aliphatic rings. The van der Waals surface area contributed by atoms with Crippen LogP contribution in [-0.2, 0) is 11.2 Å². The van der Waals surface area contributed by atoms with Crippen LogP contribution in [0.25, 0.3) is 0 Å². The molecule has 1 amide bonds. The van der Waals surface area contributed by atoms with Crippen molar-refractivity contribution in [2.24, 2.45) is 5.41 Å². The Morgan fingerprint density at radius 2 is 2.11 bits per heavy atom. The molecule has 0 radical (unpaired) electrons. The maximum absolute atomic E-state index is 12.2. The zero-order valence-corrected chi connectivity index (χ0v) is 11.9. The first-order chi connectivity index (χ1) is 8.82. The van der Waals surface area contributed by atoms with Gasteiger partial charge < -0.3 is 10.0 Å². The maximum atomic E-state index is 12.2. The molecular weight excluding hydrogens is 240 g/mol. The number of β-amino-alcohol motifs (C(OH)–C–C–N with tert-alkyl or cyclic N) is 1. The van der Waals surface area contributed by atoms with E-state index in [9.17, 15) is 9.90 Å². The maximum Gasteiger partial charge on any atom is 0.223 e. The van der Waals surface area contributed by atoms with Crippen molar-refractivity contribution in [2.75, 3.05) is 13.1 Å². The van der Waals surface area contributed by atoms with Gasteiger partial charge in [-0.1, -0.05) is 19.9 Å². The minimum atomic E-state index is -0.812. The first-order valence-corrected chi connectivity index (χ1v) is 6.72. The van der Waals surface area contributed by atoms with Gasteiger partial charge >= 0.3 is 0 Å². The summed E-state index contributed by atoms with van der Waals surface area (Å²) in [4.78, 5) is 18.2. The molecule has 19 heavy (non-hydrogen) atoms. The molecule has 0 aliphatic carbocycles. The Labute approximate surface area is 114 Å². The van der Waals surface area contributed by atoms with Crippen LogP contribution in [0.2, 0.25) is 0 Å². The summed E-state index contributed by atoms with van der Waals surface area (Å²) in [7, 11) is 0. The van der Waals surface area contributed by atoms with Crippen LogP contribution in [0.1, 0.15) is 32.9 Å². The van der Waals surface area contributed by atoms with E-state index in [0.717, 1.165) is 5.69 Å². The Kier molecular flexibility index (Phi) is 3.63. The summed E-state index contributed by atoms with van der Waals surface area (Å²) in [6.07, 6.45) is 2.84. The minimum Gasteiger partial charge on any atom is -0.388 e. The molecule has 0 spiro atoms. The third-order valence-electron chi connectivity index (χ3n) is 4.22. The van der Waals surface area contributed by atoms with Gasteiger partial charge in [-0.3, -0.25) is 9.78 Å². The molecule has 1 atom stereocenters. The van der Waals surface area contributed by atoms with Crippen molar-refractivity contribution in [2.45, 2.75) is 39.2 Å². The predicted octanol–water partition coefficient (Wildman–Crippen LogP) is 1.63. The molecule has 0 bridgehead atoms. The quantitative estimate of drug-likeness (QED) is 0.901. The summed E-state index contributed by atoms with van der Waals surface area (Å²) >= 11 is 0. The van der Waals surface area contributed by atoms with Gasteiger partial charge in [-0.25, -0.2) is 0 Å². The van der Waals surface area contributed by atoms with Crippen LogP contribution in [0.5, 0.6) is 0 Å². The van der Waals surface area contributed by atoms with Crippen molar-refractivity contribution in [3.05, 3.63) is 30.1 Å². The van der Waals surface area contributed by atoms with E-state index in [0.29, 0.717) is 25.9 Å². The van der Waals surface area contributed by atoms with Gasteiger partial charge in [-0.15, -0.1) is 0 Å². The van der Waals surface area contributed by atoms with Crippen molar-refractivity contribution in [1.29, 1.82) is 0 Å². The van der Waals surface area contributed by atoms with E-state index in [-0.39, 0.29) is 11.3 Å². The predicted molar refractivity (Wildman–Crippen MR) is 73.5 cm³/mol. The molecule has 0 saturated carbocycles. The Balaban J connectivity index is 1.92. The number of nitrogens with zero attached hydrogens (tertiary/aromatic N) is 2. The first kappa shape index (κ1) is 14.0. The fourth-order valence-electron chi connectivity index (χ4n) is 2.40. The number of pyridine rings is 1. The van der Waals surface area contributed by atoms with Crippen molar-refractivity contribution < 1.29 is 9.90 Å². The number of aryl methyl sites for hydroxylation is 1. The molecule has 1 aliphatic heterocycles. The molecule has 1 N–H and O–H groups in total. The number of aliphatic hydroxyl groups is 1. The second-order valence-corrected chi connectivity index (χ2v) is 6.23. The lowest BCUT2D eigenvalue weighted by atomic mass is 9.79. The highest BCUT2D eigenvalue weighted by atomic mass is 16.3. The van der Waals surface area contributed by atoms with Crippen LogP contribution in [0.15, 0.2) is 24.4 Å². The molecule has 4 nitrogen and oxygen atoms in total. The van der Waals surface area contributed by atoms with Crippen LogP contribution < -0.4 is 0 Å². The lowest BCUT2D eigenvalue weighted by Gasteiger charge is -2.30. The number of likely N-dealkylation sites (tertiary alicyclic amines) is 1. The highest BCUT2D eigenvalue weighted by molar-refractivity contribution is 5.77. The molecular formula is C15H22N2O2. The van der Waals surface area contributed by atoms with Gasteiger partial charge in [0.15, 0.2) is 0 Å². The Bertz CT molecular complexity index is 438. The van der Waals surface area contributed by atoms with E-state index < -0.39 is 5.60 Å². The van der Waals surface area contributed by atoms with Crippen LogP contribution >= 0.6 is 0 Å². The second kappa shape index (κ2) is 4.93. The van der Waals surface area contributed by atoms with E-state index in [1.807, 2.05) is 32.0 Å². The molecule has 2 rings (SSSR count). The average molecular weight is 262 g/mol. The average Bonchev–Trinajstić information content (AvgIpc) is 2.57. The number of hydrogen-bond acceptors (Lipinski definition) is 3. The summed E-state index contributed by atoms with van der Waals surface area (Å²) in [6, 6.07) is 5.72.